The Morgan fingerprint density at radius 2 is 0.895 bits per heavy atom. The van der Waals surface area contributed by atoms with Gasteiger partial charge in [0, 0.05) is 0 Å². The fraction of sp³-hybridized carbons (Fsp3) is 0.941. The van der Waals surface area contributed by atoms with Gasteiger partial charge in [-0.25, -0.2) is 0 Å². The summed E-state index contributed by atoms with van der Waals surface area (Å²) in [5.41, 5.74) is 0. The summed E-state index contributed by atoms with van der Waals surface area (Å²) >= 11 is 0. The maximum Gasteiger partial charge on any atom is 0.308 e. The first-order valence-corrected chi connectivity index (χ1v) is 16.6. The molecule has 0 amide bonds. The van der Waals surface area contributed by atoms with Gasteiger partial charge < -0.3 is 9.47 Å². The van der Waals surface area contributed by atoms with Gasteiger partial charge in [0.15, 0.2) is 0 Å². The van der Waals surface area contributed by atoms with Crippen LogP contribution < -0.4 is 0 Å². The highest BCUT2D eigenvalue weighted by atomic mass is 16.5. The Hall–Kier alpha value is -1.06. The van der Waals surface area contributed by atoms with E-state index in [-0.39, 0.29) is 23.8 Å². The average Bonchev–Trinajstić information content (AvgIpc) is 2.90. The third-order valence-electron chi connectivity index (χ3n) is 8.62. The van der Waals surface area contributed by atoms with Crippen LogP contribution in [0.4, 0.5) is 0 Å². The van der Waals surface area contributed by atoms with Gasteiger partial charge in [-0.1, -0.05) is 119 Å². The quantitative estimate of drug-likeness (QED) is 0.102. The highest BCUT2D eigenvalue weighted by molar-refractivity contribution is 5.75. The molecule has 0 aromatic heterocycles. The predicted molar refractivity (Wildman–Crippen MR) is 160 cm³/mol. The monoisotopic (exact) mass is 536 g/mol. The van der Waals surface area contributed by atoms with E-state index in [4.69, 9.17) is 9.47 Å². The van der Waals surface area contributed by atoms with Gasteiger partial charge in [0.2, 0.25) is 0 Å². The topological polar surface area (TPSA) is 52.6 Å². The Labute approximate surface area is 236 Å². The number of esters is 2. The molecule has 38 heavy (non-hydrogen) atoms. The van der Waals surface area contributed by atoms with Crippen molar-refractivity contribution in [1.82, 2.24) is 0 Å². The normalized spacial score (nSPS) is 20.9. The molecule has 1 rings (SSSR count). The molecule has 4 nitrogen and oxygen atoms in total. The number of hydrogen-bond donors (Lipinski definition) is 0. The number of carbonyl (C=O) groups excluding carboxylic acids is 2. The molecule has 0 bridgehead atoms. The van der Waals surface area contributed by atoms with E-state index >= 15 is 0 Å². The molecule has 0 radical (unpaired) electrons. The van der Waals surface area contributed by atoms with Crippen LogP contribution in [0.25, 0.3) is 0 Å². The highest BCUT2D eigenvalue weighted by Crippen LogP contribution is 2.31. The zero-order chi connectivity index (χ0) is 28.2. The minimum absolute atomic E-state index is 0.0562. The number of rotatable bonds is 22. The minimum atomic E-state index is -0.0619. The van der Waals surface area contributed by atoms with Gasteiger partial charge >= 0.3 is 11.9 Å². The summed E-state index contributed by atoms with van der Waals surface area (Å²) in [5, 5.41) is 0. The van der Waals surface area contributed by atoms with E-state index in [9.17, 15) is 9.59 Å². The molecular weight excluding hydrogens is 472 g/mol. The molecule has 224 valence electrons. The number of ether oxygens (including phenoxy) is 2. The number of hydrogen-bond acceptors (Lipinski definition) is 4. The third-order valence-corrected chi connectivity index (χ3v) is 8.62. The van der Waals surface area contributed by atoms with Gasteiger partial charge in [-0.05, 0) is 62.2 Å². The molecule has 0 aliphatic heterocycles. The van der Waals surface area contributed by atoms with Crippen LogP contribution in [-0.4, -0.2) is 25.2 Å². The maximum atomic E-state index is 12.6. The SMILES string of the molecule is CCCCCCCC(C)CC(C)COC(=O)C1CCC(C(=O)OCC(C)CC(C)CCCCCCC)CC1. The fourth-order valence-electron chi connectivity index (χ4n) is 6.19. The summed E-state index contributed by atoms with van der Waals surface area (Å²) in [6.07, 6.45) is 21.1. The van der Waals surface area contributed by atoms with Crippen molar-refractivity contribution < 1.29 is 19.1 Å². The smallest absolute Gasteiger partial charge is 0.308 e. The van der Waals surface area contributed by atoms with Crippen molar-refractivity contribution in [3.63, 3.8) is 0 Å². The summed E-state index contributed by atoms with van der Waals surface area (Å²) in [6.45, 7) is 14.6. The van der Waals surface area contributed by atoms with Crippen LogP contribution in [0.15, 0.2) is 0 Å². The zero-order valence-electron chi connectivity index (χ0n) is 26.2. The van der Waals surface area contributed by atoms with Gasteiger partial charge in [-0.15, -0.1) is 0 Å². The van der Waals surface area contributed by atoms with Gasteiger partial charge in [0.25, 0.3) is 0 Å². The van der Waals surface area contributed by atoms with Crippen molar-refractivity contribution in [2.24, 2.45) is 35.5 Å². The minimum Gasteiger partial charge on any atom is -0.465 e. The lowest BCUT2D eigenvalue weighted by Gasteiger charge is -2.27. The van der Waals surface area contributed by atoms with Gasteiger partial charge in [0.05, 0.1) is 25.0 Å². The van der Waals surface area contributed by atoms with Gasteiger partial charge in [0.1, 0.15) is 0 Å². The second kappa shape index (κ2) is 21.7. The molecule has 0 aromatic carbocycles. The number of carbonyl (C=O) groups is 2. The Bertz CT molecular complexity index is 543. The Morgan fingerprint density at radius 1 is 0.553 bits per heavy atom. The van der Waals surface area contributed by atoms with E-state index < -0.39 is 0 Å². The van der Waals surface area contributed by atoms with Crippen LogP contribution in [0.2, 0.25) is 0 Å². The molecular formula is C34H64O4. The zero-order valence-corrected chi connectivity index (χ0v) is 26.2. The van der Waals surface area contributed by atoms with E-state index in [0.717, 1.165) is 38.5 Å². The van der Waals surface area contributed by atoms with Crippen LogP contribution in [-0.2, 0) is 19.1 Å². The molecule has 4 heteroatoms. The lowest BCUT2D eigenvalue weighted by atomic mass is 9.82. The van der Waals surface area contributed by atoms with E-state index in [1.54, 1.807) is 0 Å². The van der Waals surface area contributed by atoms with Crippen molar-refractivity contribution in [3.8, 4) is 0 Å². The molecule has 1 fully saturated rings. The maximum absolute atomic E-state index is 12.6. The van der Waals surface area contributed by atoms with Crippen molar-refractivity contribution in [2.45, 2.75) is 157 Å². The Morgan fingerprint density at radius 3 is 1.24 bits per heavy atom. The molecule has 0 N–H and O–H groups in total. The second-order valence-electron chi connectivity index (χ2n) is 13.1. The van der Waals surface area contributed by atoms with Crippen LogP contribution in [0.1, 0.15) is 157 Å². The van der Waals surface area contributed by atoms with E-state index in [0.29, 0.717) is 36.9 Å². The summed E-state index contributed by atoms with van der Waals surface area (Å²) in [5.74, 6) is 1.95. The fourth-order valence-corrected chi connectivity index (χ4v) is 6.19. The lowest BCUT2D eigenvalue weighted by molar-refractivity contribution is -0.156. The standard InChI is InChI=1S/C34H64O4/c1-7-9-11-13-15-17-27(3)23-29(5)25-37-33(35)31-19-21-32(22-20-31)34(36)38-26-30(6)24-28(4)18-16-14-12-10-8-2/h27-32H,7-26H2,1-6H3. The van der Waals surface area contributed by atoms with E-state index in [1.165, 1.54) is 77.0 Å². The first-order chi connectivity index (χ1) is 18.3. The van der Waals surface area contributed by atoms with Gasteiger partial charge in [-0.3, -0.25) is 9.59 Å². The summed E-state index contributed by atoms with van der Waals surface area (Å²) in [4.78, 5) is 25.3. The average molecular weight is 537 g/mol. The van der Waals surface area contributed by atoms with Crippen LogP contribution in [0, 0.1) is 35.5 Å². The van der Waals surface area contributed by atoms with Crippen LogP contribution in [0.3, 0.4) is 0 Å². The molecule has 4 atom stereocenters. The Balaban J connectivity index is 2.17. The summed E-state index contributed by atoms with van der Waals surface area (Å²) < 4.78 is 11.4. The predicted octanol–water partition coefficient (Wildman–Crippen LogP) is 9.92. The molecule has 1 aliphatic carbocycles. The summed E-state index contributed by atoms with van der Waals surface area (Å²) in [7, 11) is 0. The van der Waals surface area contributed by atoms with E-state index in [2.05, 4.69) is 41.5 Å². The van der Waals surface area contributed by atoms with E-state index in [1.807, 2.05) is 0 Å². The largest absolute Gasteiger partial charge is 0.465 e. The van der Waals surface area contributed by atoms with Crippen molar-refractivity contribution in [2.75, 3.05) is 13.2 Å². The molecule has 0 saturated heterocycles. The van der Waals surface area contributed by atoms with Gasteiger partial charge in [-0.2, -0.15) is 0 Å². The molecule has 4 unspecified atom stereocenters. The number of unbranched alkanes of at least 4 members (excludes halogenated alkanes) is 8. The lowest BCUT2D eigenvalue weighted by Crippen LogP contribution is -2.29. The summed E-state index contributed by atoms with van der Waals surface area (Å²) in [6, 6.07) is 0. The molecule has 1 saturated carbocycles. The van der Waals surface area contributed by atoms with Crippen molar-refractivity contribution in [1.29, 1.82) is 0 Å². The Kier molecular flexibility index (Phi) is 20.0. The first kappa shape index (κ1) is 35.0. The molecule has 0 aromatic rings. The third kappa shape index (κ3) is 16.8. The first-order valence-electron chi connectivity index (χ1n) is 16.6. The van der Waals surface area contributed by atoms with Crippen molar-refractivity contribution >= 4 is 11.9 Å². The second-order valence-corrected chi connectivity index (χ2v) is 13.1. The highest BCUT2D eigenvalue weighted by Gasteiger charge is 2.32. The van der Waals surface area contributed by atoms with Crippen molar-refractivity contribution in [3.05, 3.63) is 0 Å². The van der Waals surface area contributed by atoms with Crippen LogP contribution in [0.5, 0.6) is 0 Å². The molecule has 0 spiro atoms. The molecule has 1 aliphatic rings. The van der Waals surface area contributed by atoms with Crippen LogP contribution >= 0.6 is 0 Å². The molecule has 0 heterocycles.